The van der Waals surface area contributed by atoms with Gasteiger partial charge in [-0.15, -0.1) is 0 Å². The number of rotatable bonds is 5. The minimum absolute atomic E-state index is 0.0931. The molecule has 6 nitrogen and oxygen atoms in total. The van der Waals surface area contributed by atoms with E-state index in [4.69, 9.17) is 4.74 Å². The van der Waals surface area contributed by atoms with Gasteiger partial charge in [-0.05, 0) is 43.9 Å². The number of benzene rings is 1. The van der Waals surface area contributed by atoms with Gasteiger partial charge in [-0.1, -0.05) is 0 Å². The molecule has 1 aromatic carbocycles. The number of aryl methyl sites for hydroxylation is 1. The molecule has 0 aliphatic heterocycles. The number of aromatic nitrogens is 3. The number of nitrogens with one attached hydrogen (secondary N) is 1. The first-order valence-electron chi connectivity index (χ1n) is 8.04. The summed E-state index contributed by atoms with van der Waals surface area (Å²) < 4.78 is 19.7. The first-order valence-corrected chi connectivity index (χ1v) is 8.04. The molecule has 2 aromatic heterocycles. The van der Waals surface area contributed by atoms with Crippen molar-refractivity contribution in [3.8, 4) is 17.0 Å². The second-order valence-electron chi connectivity index (χ2n) is 6.27. The SMILES string of the molecule is Cc1[nH]c2c(-c3cc(F)ccc3OCC3CC3)ncnc2c1C(=O)O. The molecule has 7 heteroatoms. The number of hydrogen-bond donors (Lipinski definition) is 2. The molecule has 128 valence electrons. The summed E-state index contributed by atoms with van der Waals surface area (Å²) in [6, 6.07) is 4.27. The van der Waals surface area contributed by atoms with Crippen LogP contribution in [0.25, 0.3) is 22.3 Å². The van der Waals surface area contributed by atoms with Gasteiger partial charge in [0.05, 0.1) is 12.1 Å². The van der Waals surface area contributed by atoms with Gasteiger partial charge in [-0.25, -0.2) is 19.2 Å². The van der Waals surface area contributed by atoms with Gasteiger partial charge in [-0.2, -0.15) is 0 Å². The number of carboxylic acids is 1. The number of halogens is 1. The van der Waals surface area contributed by atoms with Crippen LogP contribution in [0.3, 0.4) is 0 Å². The molecule has 2 heterocycles. The van der Waals surface area contributed by atoms with Gasteiger partial charge < -0.3 is 14.8 Å². The molecule has 4 rings (SSSR count). The highest BCUT2D eigenvalue weighted by molar-refractivity contribution is 6.06. The van der Waals surface area contributed by atoms with E-state index in [2.05, 4.69) is 15.0 Å². The Kier molecular flexibility index (Phi) is 3.63. The van der Waals surface area contributed by atoms with E-state index in [1.807, 2.05) is 0 Å². The van der Waals surface area contributed by atoms with Crippen LogP contribution in [0, 0.1) is 18.7 Å². The minimum Gasteiger partial charge on any atom is -0.493 e. The Morgan fingerprint density at radius 3 is 2.92 bits per heavy atom. The number of carbonyl (C=O) groups is 1. The molecule has 0 amide bonds. The van der Waals surface area contributed by atoms with E-state index < -0.39 is 11.8 Å². The molecule has 1 fully saturated rings. The van der Waals surface area contributed by atoms with Crippen LogP contribution in [-0.4, -0.2) is 32.6 Å². The van der Waals surface area contributed by atoms with E-state index in [9.17, 15) is 14.3 Å². The van der Waals surface area contributed by atoms with Crippen LogP contribution in [0.5, 0.6) is 5.75 Å². The highest BCUT2D eigenvalue weighted by atomic mass is 19.1. The number of hydrogen-bond acceptors (Lipinski definition) is 4. The van der Waals surface area contributed by atoms with Crippen molar-refractivity contribution in [2.75, 3.05) is 6.61 Å². The Balaban J connectivity index is 1.88. The minimum atomic E-state index is -1.07. The Morgan fingerprint density at radius 2 is 2.20 bits per heavy atom. The van der Waals surface area contributed by atoms with Gasteiger partial charge in [-0.3, -0.25) is 0 Å². The molecule has 0 spiro atoms. The Labute approximate surface area is 142 Å². The summed E-state index contributed by atoms with van der Waals surface area (Å²) in [4.78, 5) is 22.8. The molecule has 1 aliphatic rings. The molecule has 0 atom stereocenters. The lowest BCUT2D eigenvalue weighted by Gasteiger charge is -2.11. The standard InChI is InChI=1S/C18H16FN3O3/c1-9-14(18(23)24)16-17(22-9)15(20-8-21-16)12-6-11(19)4-5-13(12)25-7-10-2-3-10/h4-6,8,10,22H,2-3,7H2,1H3,(H,23,24). The third kappa shape index (κ3) is 2.82. The Bertz CT molecular complexity index is 979. The lowest BCUT2D eigenvalue weighted by atomic mass is 10.1. The number of H-pyrrole nitrogens is 1. The van der Waals surface area contributed by atoms with Crippen LogP contribution in [0.2, 0.25) is 0 Å². The first-order chi connectivity index (χ1) is 12.0. The van der Waals surface area contributed by atoms with E-state index in [-0.39, 0.29) is 5.56 Å². The average Bonchev–Trinajstić information content (AvgIpc) is 3.33. The van der Waals surface area contributed by atoms with Crippen LogP contribution in [-0.2, 0) is 0 Å². The largest absolute Gasteiger partial charge is 0.493 e. The van der Waals surface area contributed by atoms with Gasteiger partial charge in [0.15, 0.2) is 0 Å². The quantitative estimate of drug-likeness (QED) is 0.741. The van der Waals surface area contributed by atoms with Gasteiger partial charge in [0.1, 0.15) is 34.7 Å². The Hall–Kier alpha value is -2.96. The van der Waals surface area contributed by atoms with Crippen molar-refractivity contribution in [2.45, 2.75) is 19.8 Å². The number of nitrogens with zero attached hydrogens (tertiary/aromatic N) is 2. The van der Waals surface area contributed by atoms with Crippen molar-refractivity contribution in [3.63, 3.8) is 0 Å². The number of aromatic carboxylic acids is 1. The van der Waals surface area contributed by atoms with Crippen LogP contribution < -0.4 is 4.74 Å². The summed E-state index contributed by atoms with van der Waals surface area (Å²) in [5.74, 6) is -0.410. The lowest BCUT2D eigenvalue weighted by molar-refractivity contribution is 0.0698. The summed E-state index contributed by atoms with van der Waals surface area (Å²) in [5, 5.41) is 9.40. The zero-order valence-corrected chi connectivity index (χ0v) is 13.5. The van der Waals surface area contributed by atoms with Crippen LogP contribution >= 0.6 is 0 Å². The molecular formula is C18H16FN3O3. The van der Waals surface area contributed by atoms with E-state index in [0.29, 0.717) is 46.3 Å². The predicted octanol–water partition coefficient (Wildman–Crippen LogP) is 3.56. The summed E-state index contributed by atoms with van der Waals surface area (Å²) in [6.07, 6.45) is 3.57. The van der Waals surface area contributed by atoms with Gasteiger partial charge in [0.25, 0.3) is 0 Å². The normalized spacial score (nSPS) is 14.0. The monoisotopic (exact) mass is 341 g/mol. The molecule has 3 aromatic rings. The van der Waals surface area contributed by atoms with Crippen molar-refractivity contribution >= 4 is 17.0 Å². The van der Waals surface area contributed by atoms with E-state index in [0.717, 1.165) is 12.8 Å². The maximum Gasteiger partial charge on any atom is 0.339 e. The smallest absolute Gasteiger partial charge is 0.339 e. The fraction of sp³-hybridized carbons (Fsp3) is 0.278. The number of fused-ring (bicyclic) bond motifs is 1. The molecule has 2 N–H and O–H groups in total. The predicted molar refractivity (Wildman–Crippen MR) is 89.2 cm³/mol. The first kappa shape index (κ1) is 15.6. The Morgan fingerprint density at radius 1 is 1.40 bits per heavy atom. The van der Waals surface area contributed by atoms with Crippen LogP contribution in [0.4, 0.5) is 4.39 Å². The summed E-state index contributed by atoms with van der Waals surface area (Å²) >= 11 is 0. The number of aromatic amines is 1. The third-order valence-electron chi connectivity index (χ3n) is 4.35. The zero-order chi connectivity index (χ0) is 17.6. The number of ether oxygens (including phenoxy) is 1. The van der Waals surface area contributed by atoms with Crippen molar-refractivity contribution in [1.82, 2.24) is 15.0 Å². The van der Waals surface area contributed by atoms with Crippen molar-refractivity contribution in [1.29, 1.82) is 0 Å². The highest BCUT2D eigenvalue weighted by Gasteiger charge is 2.24. The molecule has 0 bridgehead atoms. The zero-order valence-electron chi connectivity index (χ0n) is 13.5. The fourth-order valence-corrected chi connectivity index (χ4v) is 2.89. The maximum absolute atomic E-state index is 13.9. The second kappa shape index (κ2) is 5.84. The number of carboxylic acid groups (broad SMARTS) is 1. The third-order valence-corrected chi connectivity index (χ3v) is 4.35. The summed E-state index contributed by atoms with van der Waals surface area (Å²) in [6.45, 7) is 2.24. The molecular weight excluding hydrogens is 325 g/mol. The topological polar surface area (TPSA) is 88.1 Å². The molecule has 0 radical (unpaired) electrons. The average molecular weight is 341 g/mol. The maximum atomic E-state index is 13.9. The molecule has 1 aliphatic carbocycles. The van der Waals surface area contributed by atoms with Crippen molar-refractivity contribution in [2.24, 2.45) is 5.92 Å². The van der Waals surface area contributed by atoms with Gasteiger partial charge >= 0.3 is 5.97 Å². The highest BCUT2D eigenvalue weighted by Crippen LogP contribution is 2.36. The fourth-order valence-electron chi connectivity index (χ4n) is 2.89. The van der Waals surface area contributed by atoms with Crippen molar-refractivity contribution in [3.05, 3.63) is 41.6 Å². The van der Waals surface area contributed by atoms with E-state index >= 15 is 0 Å². The van der Waals surface area contributed by atoms with Gasteiger partial charge in [0.2, 0.25) is 0 Å². The van der Waals surface area contributed by atoms with E-state index in [1.54, 1.807) is 13.0 Å². The van der Waals surface area contributed by atoms with Crippen LogP contribution in [0.15, 0.2) is 24.5 Å². The molecule has 1 saturated carbocycles. The summed E-state index contributed by atoms with van der Waals surface area (Å²) in [5.41, 5.74) is 2.22. The second-order valence-corrected chi connectivity index (χ2v) is 6.27. The van der Waals surface area contributed by atoms with E-state index in [1.165, 1.54) is 18.5 Å². The van der Waals surface area contributed by atoms with Crippen LogP contribution in [0.1, 0.15) is 28.9 Å². The lowest BCUT2D eigenvalue weighted by Crippen LogP contribution is -2.02. The molecule has 25 heavy (non-hydrogen) atoms. The molecule has 0 saturated heterocycles. The van der Waals surface area contributed by atoms with Crippen molar-refractivity contribution < 1.29 is 19.0 Å². The van der Waals surface area contributed by atoms with Gasteiger partial charge in [0, 0.05) is 11.3 Å². The molecule has 0 unspecified atom stereocenters. The summed E-state index contributed by atoms with van der Waals surface area (Å²) in [7, 11) is 0.